The van der Waals surface area contributed by atoms with Crippen LogP contribution < -0.4 is 15.2 Å². The van der Waals surface area contributed by atoms with Crippen molar-refractivity contribution in [3.63, 3.8) is 0 Å². The van der Waals surface area contributed by atoms with Crippen LogP contribution in [0.15, 0.2) is 10.5 Å². The van der Waals surface area contributed by atoms with Crippen molar-refractivity contribution in [3.05, 3.63) is 10.5 Å². The second kappa shape index (κ2) is 3.74. The van der Waals surface area contributed by atoms with Gasteiger partial charge in [0.1, 0.15) is 21.7 Å². The molecule has 3 N–H and O–H groups in total. The van der Waals surface area contributed by atoms with E-state index in [2.05, 4.69) is 15.9 Å². The molecule has 1 rings (SSSR count). The van der Waals surface area contributed by atoms with Crippen molar-refractivity contribution in [3.8, 4) is 17.2 Å². The molecule has 0 atom stereocenters. The highest BCUT2D eigenvalue weighted by Gasteiger charge is 2.14. The number of phenolic OH excluding ortho intramolecular Hbond substituents is 1. The van der Waals surface area contributed by atoms with Crippen molar-refractivity contribution in [2.24, 2.45) is 0 Å². The van der Waals surface area contributed by atoms with Gasteiger partial charge in [0.05, 0.1) is 14.2 Å². The summed E-state index contributed by atoms with van der Waals surface area (Å²) in [6, 6.07) is 1.42. The normalized spacial score (nSPS) is 9.77. The van der Waals surface area contributed by atoms with E-state index in [0.717, 1.165) is 0 Å². The molecule has 4 nitrogen and oxygen atoms in total. The fourth-order valence-electron chi connectivity index (χ4n) is 0.960. The number of aromatic hydroxyl groups is 1. The minimum atomic E-state index is -0.0584. The molecule has 0 saturated heterocycles. The van der Waals surface area contributed by atoms with E-state index in [9.17, 15) is 5.11 Å². The van der Waals surface area contributed by atoms with Crippen molar-refractivity contribution in [1.29, 1.82) is 0 Å². The van der Waals surface area contributed by atoms with Gasteiger partial charge in [-0.2, -0.15) is 0 Å². The molecule has 1 aromatic carbocycles. The third-order valence-electron chi connectivity index (χ3n) is 1.63. The summed E-state index contributed by atoms with van der Waals surface area (Å²) in [7, 11) is 2.96. The highest BCUT2D eigenvalue weighted by Crippen LogP contribution is 2.43. The number of nitrogens with two attached hydrogens (primary N) is 1. The summed E-state index contributed by atoms with van der Waals surface area (Å²) in [6.07, 6.45) is 0. The van der Waals surface area contributed by atoms with Gasteiger partial charge in [0.2, 0.25) is 0 Å². The van der Waals surface area contributed by atoms with E-state index >= 15 is 0 Å². The topological polar surface area (TPSA) is 64.7 Å². The van der Waals surface area contributed by atoms with E-state index in [0.29, 0.717) is 16.0 Å². The number of nitrogen functional groups attached to an aromatic ring is 1. The van der Waals surface area contributed by atoms with Crippen molar-refractivity contribution in [2.75, 3.05) is 20.0 Å². The average molecular weight is 248 g/mol. The quantitative estimate of drug-likeness (QED) is 0.618. The van der Waals surface area contributed by atoms with E-state index in [4.69, 9.17) is 15.2 Å². The van der Waals surface area contributed by atoms with Crippen LogP contribution in [0, 0.1) is 0 Å². The Kier molecular flexibility index (Phi) is 2.87. The number of methoxy groups -OCH3 is 2. The molecular weight excluding hydrogens is 238 g/mol. The van der Waals surface area contributed by atoms with E-state index in [1.165, 1.54) is 20.3 Å². The maximum Gasteiger partial charge on any atom is 0.163 e. The smallest absolute Gasteiger partial charge is 0.163 e. The monoisotopic (exact) mass is 247 g/mol. The van der Waals surface area contributed by atoms with Crippen LogP contribution in [0.1, 0.15) is 0 Å². The summed E-state index contributed by atoms with van der Waals surface area (Å²) in [4.78, 5) is 0. The Bertz CT molecular complexity index is 328. The molecule has 0 aliphatic heterocycles. The first-order chi connectivity index (χ1) is 6.11. The Morgan fingerprint density at radius 1 is 1.38 bits per heavy atom. The first-order valence-corrected chi connectivity index (χ1v) is 4.30. The van der Waals surface area contributed by atoms with Crippen LogP contribution in [-0.2, 0) is 0 Å². The minimum Gasteiger partial charge on any atom is -0.505 e. The third kappa shape index (κ3) is 1.65. The number of ether oxygens (including phenoxy) is 2. The lowest BCUT2D eigenvalue weighted by atomic mass is 10.2. The van der Waals surface area contributed by atoms with Gasteiger partial charge >= 0.3 is 0 Å². The van der Waals surface area contributed by atoms with Gasteiger partial charge in [0.15, 0.2) is 5.75 Å². The number of hydrogen-bond donors (Lipinski definition) is 2. The Balaban J connectivity index is 3.39. The molecule has 0 aliphatic carbocycles. The van der Waals surface area contributed by atoms with Crippen molar-refractivity contribution in [2.45, 2.75) is 0 Å². The Morgan fingerprint density at radius 3 is 2.46 bits per heavy atom. The zero-order valence-corrected chi connectivity index (χ0v) is 8.88. The Hall–Kier alpha value is -1.10. The number of benzene rings is 1. The first kappa shape index (κ1) is 9.98. The molecule has 0 saturated carbocycles. The average Bonchev–Trinajstić information content (AvgIpc) is 2.12. The van der Waals surface area contributed by atoms with Crippen molar-refractivity contribution in [1.82, 2.24) is 0 Å². The van der Waals surface area contributed by atoms with Gasteiger partial charge in [-0.15, -0.1) is 0 Å². The summed E-state index contributed by atoms with van der Waals surface area (Å²) >= 11 is 3.25. The molecule has 0 aromatic heterocycles. The van der Waals surface area contributed by atoms with Gasteiger partial charge in [0, 0.05) is 6.07 Å². The molecule has 72 valence electrons. The van der Waals surface area contributed by atoms with E-state index in [1.807, 2.05) is 0 Å². The van der Waals surface area contributed by atoms with E-state index < -0.39 is 0 Å². The molecule has 0 radical (unpaired) electrons. The summed E-state index contributed by atoms with van der Waals surface area (Å²) in [6.45, 7) is 0. The van der Waals surface area contributed by atoms with Crippen LogP contribution in [0.3, 0.4) is 0 Å². The second-order valence-corrected chi connectivity index (χ2v) is 3.15. The largest absolute Gasteiger partial charge is 0.505 e. The Morgan fingerprint density at radius 2 is 2.00 bits per heavy atom. The summed E-state index contributed by atoms with van der Waals surface area (Å²) in [5.41, 5.74) is 5.75. The maximum absolute atomic E-state index is 9.36. The standard InChI is InChI=1S/C8H10BrNO3/c1-12-5-3-4(11)7(10)8(13-2)6(5)9/h3,11H,10H2,1-2H3. The van der Waals surface area contributed by atoms with Gasteiger partial charge < -0.3 is 20.3 Å². The number of hydrogen-bond acceptors (Lipinski definition) is 4. The molecule has 5 heteroatoms. The van der Waals surface area contributed by atoms with Crippen molar-refractivity contribution < 1.29 is 14.6 Å². The predicted octanol–water partition coefficient (Wildman–Crippen LogP) is 1.75. The van der Waals surface area contributed by atoms with Crippen LogP contribution in [-0.4, -0.2) is 19.3 Å². The van der Waals surface area contributed by atoms with E-state index in [1.54, 1.807) is 0 Å². The lowest BCUT2D eigenvalue weighted by Crippen LogP contribution is -1.96. The van der Waals surface area contributed by atoms with Gasteiger partial charge in [-0.1, -0.05) is 0 Å². The number of anilines is 1. The molecule has 0 bridgehead atoms. The first-order valence-electron chi connectivity index (χ1n) is 3.50. The molecule has 1 aromatic rings. The summed E-state index contributed by atoms with van der Waals surface area (Å²) in [5.74, 6) is 0.789. The predicted molar refractivity (Wildman–Crippen MR) is 53.3 cm³/mol. The second-order valence-electron chi connectivity index (χ2n) is 2.36. The summed E-state index contributed by atoms with van der Waals surface area (Å²) in [5, 5.41) is 9.36. The molecule has 0 unspecified atom stereocenters. The zero-order valence-electron chi connectivity index (χ0n) is 7.30. The maximum atomic E-state index is 9.36. The lowest BCUT2D eigenvalue weighted by molar-refractivity contribution is 0.383. The van der Waals surface area contributed by atoms with Gasteiger partial charge in [0.25, 0.3) is 0 Å². The van der Waals surface area contributed by atoms with Crippen LogP contribution in [0.25, 0.3) is 0 Å². The lowest BCUT2D eigenvalue weighted by Gasteiger charge is -2.11. The molecular formula is C8H10BrNO3. The summed E-state index contributed by atoms with van der Waals surface area (Å²) < 4.78 is 10.6. The molecule has 0 heterocycles. The minimum absolute atomic E-state index is 0.0584. The molecule has 0 amide bonds. The number of halogens is 1. The third-order valence-corrected chi connectivity index (χ3v) is 2.38. The van der Waals surface area contributed by atoms with Gasteiger partial charge in [-0.05, 0) is 15.9 Å². The van der Waals surface area contributed by atoms with Crippen LogP contribution in [0.4, 0.5) is 5.69 Å². The Labute approximate surface area is 84.4 Å². The molecule has 0 spiro atoms. The highest BCUT2D eigenvalue weighted by atomic mass is 79.9. The molecule has 13 heavy (non-hydrogen) atoms. The fraction of sp³-hybridized carbons (Fsp3) is 0.250. The van der Waals surface area contributed by atoms with Crippen LogP contribution >= 0.6 is 15.9 Å². The molecule has 0 aliphatic rings. The van der Waals surface area contributed by atoms with Gasteiger partial charge in [-0.25, -0.2) is 0 Å². The SMILES string of the molecule is COc1cc(O)c(N)c(OC)c1Br. The van der Waals surface area contributed by atoms with Crippen molar-refractivity contribution >= 4 is 21.6 Å². The fourth-order valence-corrected chi connectivity index (χ4v) is 1.61. The van der Waals surface area contributed by atoms with E-state index in [-0.39, 0.29) is 11.4 Å². The molecule has 0 fully saturated rings. The number of rotatable bonds is 2. The zero-order chi connectivity index (χ0) is 10.0. The van der Waals surface area contributed by atoms with Gasteiger partial charge in [-0.3, -0.25) is 0 Å². The highest BCUT2D eigenvalue weighted by molar-refractivity contribution is 9.10. The van der Waals surface area contributed by atoms with Crippen LogP contribution in [0.5, 0.6) is 17.2 Å². The number of phenols is 1. The van der Waals surface area contributed by atoms with Crippen LogP contribution in [0.2, 0.25) is 0 Å².